The van der Waals surface area contributed by atoms with Crippen molar-refractivity contribution < 1.29 is 36.9 Å². The summed E-state index contributed by atoms with van der Waals surface area (Å²) in [5.41, 5.74) is 3.26. The molecule has 53 heavy (non-hydrogen) atoms. The molecule has 0 saturated heterocycles. The number of nitrogens with one attached hydrogen (secondary N) is 5. The molecule has 4 amide bonds. The lowest BCUT2D eigenvalue weighted by molar-refractivity contribution is -0.123. The molecule has 0 aliphatic carbocycles. The first kappa shape index (κ1) is 44.3. The van der Waals surface area contributed by atoms with Crippen molar-refractivity contribution in [1.82, 2.24) is 26.3 Å². The van der Waals surface area contributed by atoms with Gasteiger partial charge in [0.15, 0.2) is 0 Å². The summed E-state index contributed by atoms with van der Waals surface area (Å²) >= 11 is 0. The third-order valence-corrected chi connectivity index (χ3v) is 8.28. The summed E-state index contributed by atoms with van der Waals surface area (Å²) in [6.07, 6.45) is 9.43. The molecule has 0 spiro atoms. The van der Waals surface area contributed by atoms with E-state index in [9.17, 15) is 32.1 Å². The van der Waals surface area contributed by atoms with Gasteiger partial charge in [0, 0.05) is 37.0 Å². The summed E-state index contributed by atoms with van der Waals surface area (Å²) in [7, 11) is -4.41. The van der Waals surface area contributed by atoms with Gasteiger partial charge in [-0.3, -0.25) is 24.4 Å². The average Bonchev–Trinajstić information content (AvgIpc) is 3.07. The molecular weight excluding hydrogens is 703 g/mol. The van der Waals surface area contributed by atoms with E-state index in [1.165, 1.54) is 42.7 Å². The van der Waals surface area contributed by atoms with Crippen molar-refractivity contribution in [2.45, 2.75) is 109 Å². The Bertz CT molecular complexity index is 1670. The lowest BCUT2D eigenvalue weighted by atomic mass is 10.0. The predicted octanol–water partition coefficient (Wildman–Crippen LogP) is 5.31. The first-order chi connectivity index (χ1) is 25.0. The Kier molecular flexibility index (Phi) is 18.6. The van der Waals surface area contributed by atoms with Gasteiger partial charge in [-0.2, -0.15) is 13.5 Å². The Morgan fingerprint density at radius 1 is 0.981 bits per heavy atom. The first-order valence-corrected chi connectivity index (χ1v) is 19.3. The molecule has 1 heterocycles. The van der Waals surface area contributed by atoms with E-state index in [0.29, 0.717) is 37.1 Å². The summed E-state index contributed by atoms with van der Waals surface area (Å²) in [6, 6.07) is 8.16. The number of aromatic nitrogens is 1. The highest BCUT2D eigenvalue weighted by Gasteiger charge is 2.25. The highest BCUT2D eigenvalue weighted by Crippen LogP contribution is 2.14. The third kappa shape index (κ3) is 18.5. The minimum absolute atomic E-state index is 0.112. The standard InChI is InChI=1S/C37H55N7O8S/c1-7-14-29(42-35(47)30(23-26(2)3)43-36(48)52-37(4,5)6)16-10-8-9-11-18-33(45)38-21-22-39-34(46)28-19-20-32(40-24-28)44-41-25-27-15-12-13-17-31(27)53(49,50)51/h12-13,15-17,19-20,24-26,30H,7-11,14,18,21-23H2,1-6H3,(H,38,45)(H,39,46)(H,40,44)(H,42,47)(H,43,48)(H,49,50,51)/t30-/m0/s1. The van der Waals surface area contributed by atoms with Crippen LogP contribution in [0.15, 0.2) is 64.4 Å². The quantitative estimate of drug-likeness (QED) is 0.0417. The van der Waals surface area contributed by atoms with Crippen LogP contribution in [0.1, 0.15) is 109 Å². The van der Waals surface area contributed by atoms with Crippen molar-refractivity contribution in [1.29, 1.82) is 0 Å². The number of carbonyl (C=O) groups excluding carboxylic acids is 4. The number of unbranched alkanes of at least 4 members (excludes halogenated alkanes) is 3. The zero-order valence-corrected chi connectivity index (χ0v) is 32.3. The summed E-state index contributed by atoms with van der Waals surface area (Å²) in [4.78, 5) is 54.0. The number of alkyl carbamates (subject to hydrolysis) is 1. The number of rotatable bonds is 21. The van der Waals surface area contributed by atoms with Gasteiger partial charge in [-0.1, -0.05) is 57.9 Å². The average molecular weight is 758 g/mol. The van der Waals surface area contributed by atoms with E-state index in [1.807, 2.05) is 26.8 Å². The molecule has 0 fully saturated rings. The number of nitrogens with zero attached hydrogens (tertiary/aromatic N) is 2. The van der Waals surface area contributed by atoms with Gasteiger partial charge in [0.05, 0.1) is 11.8 Å². The van der Waals surface area contributed by atoms with E-state index in [4.69, 9.17) is 4.74 Å². The van der Waals surface area contributed by atoms with Crippen molar-refractivity contribution in [3.05, 3.63) is 65.5 Å². The van der Waals surface area contributed by atoms with Gasteiger partial charge in [0.2, 0.25) is 11.8 Å². The number of ether oxygens (including phenoxy) is 1. The number of anilines is 1. The molecule has 0 radical (unpaired) electrons. The molecule has 0 aliphatic rings. The van der Waals surface area contributed by atoms with Crippen LogP contribution >= 0.6 is 0 Å². The van der Waals surface area contributed by atoms with Crippen LogP contribution in [0, 0.1) is 5.92 Å². The SMILES string of the molecule is CCCC(=CCCCCCC(=O)NCCNC(=O)c1ccc(NN=Cc2ccccc2S(=O)(=O)O)nc1)NC(=O)[C@H](CC(C)C)NC(=O)OC(C)(C)C. The molecule has 6 N–H and O–H groups in total. The van der Waals surface area contributed by atoms with E-state index < -0.39 is 27.9 Å². The first-order valence-electron chi connectivity index (χ1n) is 17.8. The van der Waals surface area contributed by atoms with Crippen LogP contribution in [0.5, 0.6) is 0 Å². The summed E-state index contributed by atoms with van der Waals surface area (Å²) in [5, 5.41) is 15.2. The second-order valence-corrected chi connectivity index (χ2v) is 15.2. The number of hydrazone groups is 1. The monoisotopic (exact) mass is 757 g/mol. The Morgan fingerprint density at radius 3 is 2.34 bits per heavy atom. The van der Waals surface area contributed by atoms with Crippen molar-refractivity contribution in [2.75, 3.05) is 18.5 Å². The second kappa shape index (κ2) is 22.3. The third-order valence-electron chi connectivity index (χ3n) is 7.35. The molecule has 2 aromatic rings. The fourth-order valence-electron chi connectivity index (χ4n) is 4.92. The van der Waals surface area contributed by atoms with Gasteiger partial charge < -0.3 is 26.0 Å². The highest BCUT2D eigenvalue weighted by molar-refractivity contribution is 7.86. The number of amides is 4. The molecule has 1 aromatic carbocycles. The van der Waals surface area contributed by atoms with E-state index >= 15 is 0 Å². The topological polar surface area (TPSA) is 217 Å². The smallest absolute Gasteiger partial charge is 0.408 e. The van der Waals surface area contributed by atoms with Gasteiger partial charge in [-0.25, -0.2) is 9.78 Å². The Balaban J connectivity index is 1.69. The van der Waals surface area contributed by atoms with E-state index in [0.717, 1.165) is 31.4 Å². The molecular formula is C37H55N7O8S. The molecule has 15 nitrogen and oxygen atoms in total. The zero-order chi connectivity index (χ0) is 39.4. The van der Waals surface area contributed by atoms with E-state index in [-0.39, 0.29) is 47.2 Å². The molecule has 1 atom stereocenters. The fraction of sp³-hybridized carbons (Fsp3) is 0.514. The van der Waals surface area contributed by atoms with Crippen molar-refractivity contribution in [3.63, 3.8) is 0 Å². The van der Waals surface area contributed by atoms with Crippen LogP contribution in [-0.4, -0.2) is 72.7 Å². The Labute approximate surface area is 313 Å². The fourth-order valence-corrected chi connectivity index (χ4v) is 5.59. The molecule has 16 heteroatoms. The van der Waals surface area contributed by atoms with Crippen LogP contribution in [0.3, 0.4) is 0 Å². The maximum atomic E-state index is 13.1. The van der Waals surface area contributed by atoms with Crippen molar-refractivity contribution in [3.8, 4) is 0 Å². The largest absolute Gasteiger partial charge is 0.444 e. The highest BCUT2D eigenvalue weighted by atomic mass is 32.2. The second-order valence-electron chi connectivity index (χ2n) is 13.8. The normalized spacial score (nSPS) is 12.6. The van der Waals surface area contributed by atoms with E-state index in [1.54, 1.807) is 26.8 Å². The van der Waals surface area contributed by atoms with Gasteiger partial charge in [-0.15, -0.1) is 0 Å². The summed E-state index contributed by atoms with van der Waals surface area (Å²) in [5.74, 6) is -0.262. The Hall–Kier alpha value is -4.83. The minimum Gasteiger partial charge on any atom is -0.444 e. The molecule has 0 aliphatic heterocycles. The van der Waals surface area contributed by atoms with Gasteiger partial charge in [-0.05, 0) is 77.0 Å². The maximum Gasteiger partial charge on any atom is 0.408 e. The van der Waals surface area contributed by atoms with Crippen LogP contribution in [0.4, 0.5) is 10.6 Å². The number of hydrogen-bond acceptors (Lipinski definition) is 10. The van der Waals surface area contributed by atoms with Crippen LogP contribution in [-0.2, 0) is 24.4 Å². The van der Waals surface area contributed by atoms with E-state index in [2.05, 4.69) is 36.8 Å². The Morgan fingerprint density at radius 2 is 1.70 bits per heavy atom. The van der Waals surface area contributed by atoms with Crippen LogP contribution in [0.25, 0.3) is 0 Å². The summed E-state index contributed by atoms with van der Waals surface area (Å²) in [6.45, 7) is 11.8. The molecule has 292 valence electrons. The number of hydrogen-bond donors (Lipinski definition) is 6. The lowest BCUT2D eigenvalue weighted by Gasteiger charge is -2.24. The number of benzene rings is 1. The molecule has 0 saturated carbocycles. The van der Waals surface area contributed by atoms with Gasteiger partial charge in [0.1, 0.15) is 22.4 Å². The number of carbonyl (C=O) groups is 4. The minimum atomic E-state index is -4.41. The van der Waals surface area contributed by atoms with Gasteiger partial charge in [0.25, 0.3) is 16.0 Å². The molecule has 0 bridgehead atoms. The molecule has 1 aromatic heterocycles. The van der Waals surface area contributed by atoms with Crippen molar-refractivity contribution >= 4 is 46.0 Å². The van der Waals surface area contributed by atoms with Crippen molar-refractivity contribution in [2.24, 2.45) is 11.0 Å². The molecule has 2 rings (SSSR count). The zero-order valence-electron chi connectivity index (χ0n) is 31.5. The van der Waals surface area contributed by atoms with Crippen LogP contribution < -0.4 is 26.7 Å². The predicted molar refractivity (Wildman–Crippen MR) is 204 cm³/mol. The van der Waals surface area contributed by atoms with Gasteiger partial charge >= 0.3 is 6.09 Å². The summed E-state index contributed by atoms with van der Waals surface area (Å²) < 4.78 is 37.7. The molecule has 0 unspecified atom stereocenters. The lowest BCUT2D eigenvalue weighted by Crippen LogP contribution is -2.48. The van der Waals surface area contributed by atoms with Crippen LogP contribution in [0.2, 0.25) is 0 Å². The maximum absolute atomic E-state index is 13.1. The number of pyridine rings is 1. The number of allylic oxidation sites excluding steroid dienone is 2.